The molecule has 0 bridgehead atoms. The van der Waals surface area contributed by atoms with Crippen molar-refractivity contribution in [2.24, 2.45) is 0 Å². The Hall–Kier alpha value is -2.84. The first-order valence-corrected chi connectivity index (χ1v) is 11.2. The number of rotatable bonds is 4. The molecule has 3 aromatic heterocycles. The highest BCUT2D eigenvalue weighted by molar-refractivity contribution is 7.73. The number of amides is 1. The van der Waals surface area contributed by atoms with Gasteiger partial charge in [-0.05, 0) is 49.7 Å². The van der Waals surface area contributed by atoms with Gasteiger partial charge in [-0.15, -0.1) is 21.5 Å². The summed E-state index contributed by atoms with van der Waals surface area (Å²) in [5.74, 6) is 0.886. The average Bonchev–Trinajstić information content (AvgIpc) is 3.47. The molecule has 1 atom stereocenters. The molecule has 5 rings (SSSR count). The number of carbonyl (C=O) groups excluding carboxylic acids is 1. The molecule has 6 nitrogen and oxygen atoms in total. The number of aryl methyl sites for hydroxylation is 1. The maximum absolute atomic E-state index is 13.4. The number of hydrogen-bond acceptors (Lipinski definition) is 5. The summed E-state index contributed by atoms with van der Waals surface area (Å²) in [5, 5.41) is 10.7. The van der Waals surface area contributed by atoms with Crippen molar-refractivity contribution in [3.05, 3.63) is 69.4 Å². The Morgan fingerprint density at radius 2 is 2.03 bits per heavy atom. The first-order valence-electron chi connectivity index (χ1n) is 9.96. The van der Waals surface area contributed by atoms with E-state index >= 15 is 0 Å². The van der Waals surface area contributed by atoms with Crippen molar-refractivity contribution in [3.63, 3.8) is 0 Å². The number of nitrogens with zero attached hydrogens (tertiary/aromatic N) is 5. The SMILES string of the molecule is Cc1ccc(-c2csc(=S)n2CC(=O)N2CCCC2c2nnc3ccccn23)cc1. The maximum atomic E-state index is 13.4. The van der Waals surface area contributed by atoms with Gasteiger partial charge in [-0.2, -0.15) is 0 Å². The molecule has 1 saturated heterocycles. The molecule has 8 heteroatoms. The van der Waals surface area contributed by atoms with Crippen LogP contribution in [0.1, 0.15) is 30.3 Å². The van der Waals surface area contributed by atoms with Crippen LogP contribution < -0.4 is 0 Å². The minimum Gasteiger partial charge on any atom is -0.331 e. The molecule has 0 saturated carbocycles. The zero-order chi connectivity index (χ0) is 20.7. The van der Waals surface area contributed by atoms with Crippen LogP contribution in [-0.4, -0.2) is 36.5 Å². The molecule has 4 heterocycles. The minimum atomic E-state index is -0.0643. The number of thiazole rings is 1. The zero-order valence-corrected chi connectivity index (χ0v) is 18.2. The predicted molar refractivity (Wildman–Crippen MR) is 120 cm³/mol. The second kappa shape index (κ2) is 7.77. The van der Waals surface area contributed by atoms with E-state index in [4.69, 9.17) is 12.2 Å². The summed E-state index contributed by atoms with van der Waals surface area (Å²) in [4.78, 5) is 15.3. The maximum Gasteiger partial charge on any atom is 0.243 e. The standard InChI is InChI=1S/C22H21N5OS2/c1-15-7-9-16(10-8-15)18-14-30-22(29)27(18)13-20(28)25-12-4-5-17(25)21-24-23-19-6-2-3-11-26(19)21/h2-3,6-11,14,17H,4-5,12-13H2,1H3. The van der Waals surface area contributed by atoms with Gasteiger partial charge in [0.2, 0.25) is 5.91 Å². The fraction of sp³-hybridized carbons (Fsp3) is 0.273. The number of benzene rings is 1. The van der Waals surface area contributed by atoms with Gasteiger partial charge in [0.15, 0.2) is 15.4 Å². The summed E-state index contributed by atoms with van der Waals surface area (Å²) in [6.07, 6.45) is 3.80. The molecule has 152 valence electrons. The van der Waals surface area contributed by atoms with Gasteiger partial charge < -0.3 is 9.47 Å². The van der Waals surface area contributed by atoms with E-state index in [2.05, 4.69) is 41.4 Å². The molecule has 0 N–H and O–H groups in total. The molecule has 30 heavy (non-hydrogen) atoms. The highest BCUT2D eigenvalue weighted by Gasteiger charge is 2.33. The van der Waals surface area contributed by atoms with Crippen molar-refractivity contribution in [1.82, 2.24) is 24.1 Å². The predicted octanol–water partition coefficient (Wildman–Crippen LogP) is 4.66. The van der Waals surface area contributed by atoms with E-state index in [0.717, 1.165) is 42.1 Å². The third kappa shape index (κ3) is 3.36. The summed E-state index contributed by atoms with van der Waals surface area (Å²) < 4.78 is 4.64. The fourth-order valence-electron chi connectivity index (χ4n) is 4.08. The lowest BCUT2D eigenvalue weighted by Gasteiger charge is -2.24. The Labute approximate surface area is 183 Å². The van der Waals surface area contributed by atoms with Gasteiger partial charge in [-0.25, -0.2) is 0 Å². The van der Waals surface area contributed by atoms with Crippen LogP contribution >= 0.6 is 23.6 Å². The quantitative estimate of drug-likeness (QED) is 0.438. The van der Waals surface area contributed by atoms with Gasteiger partial charge in [0, 0.05) is 18.1 Å². The first kappa shape index (κ1) is 19.1. The van der Waals surface area contributed by atoms with Gasteiger partial charge in [0.1, 0.15) is 6.54 Å². The zero-order valence-electron chi connectivity index (χ0n) is 16.6. The van der Waals surface area contributed by atoms with Crippen LogP contribution in [0.2, 0.25) is 0 Å². The van der Waals surface area contributed by atoms with Crippen LogP contribution in [-0.2, 0) is 11.3 Å². The van der Waals surface area contributed by atoms with E-state index in [1.165, 1.54) is 16.9 Å². The third-order valence-electron chi connectivity index (χ3n) is 5.63. The molecule has 1 unspecified atom stereocenters. The van der Waals surface area contributed by atoms with E-state index in [-0.39, 0.29) is 18.5 Å². The normalized spacial score (nSPS) is 16.4. The highest BCUT2D eigenvalue weighted by Crippen LogP contribution is 2.32. The van der Waals surface area contributed by atoms with Crippen molar-refractivity contribution >= 4 is 35.1 Å². The summed E-state index contributed by atoms with van der Waals surface area (Å²) >= 11 is 7.04. The van der Waals surface area contributed by atoms with Crippen LogP contribution in [0.15, 0.2) is 54.0 Å². The van der Waals surface area contributed by atoms with Crippen LogP contribution in [0.4, 0.5) is 0 Å². The molecule has 1 fully saturated rings. The Kier molecular flexibility index (Phi) is 4.96. The number of pyridine rings is 1. The Morgan fingerprint density at radius 1 is 1.20 bits per heavy atom. The number of aromatic nitrogens is 4. The van der Waals surface area contributed by atoms with E-state index in [9.17, 15) is 4.79 Å². The molecule has 4 aromatic rings. The van der Waals surface area contributed by atoms with Gasteiger partial charge in [-0.1, -0.05) is 35.9 Å². The van der Waals surface area contributed by atoms with Crippen molar-refractivity contribution in [3.8, 4) is 11.3 Å². The van der Waals surface area contributed by atoms with Crippen molar-refractivity contribution in [2.45, 2.75) is 32.4 Å². The fourth-order valence-corrected chi connectivity index (χ4v) is 5.15. The lowest BCUT2D eigenvalue weighted by molar-refractivity contribution is -0.132. The molecular weight excluding hydrogens is 414 g/mol. The summed E-state index contributed by atoms with van der Waals surface area (Å²) in [6.45, 7) is 3.02. The van der Waals surface area contributed by atoms with Crippen molar-refractivity contribution in [1.29, 1.82) is 0 Å². The van der Waals surface area contributed by atoms with Crippen LogP contribution in [0.5, 0.6) is 0 Å². The monoisotopic (exact) mass is 435 g/mol. The molecule has 0 aliphatic carbocycles. The Morgan fingerprint density at radius 3 is 2.87 bits per heavy atom. The van der Waals surface area contributed by atoms with Gasteiger partial charge in [0.05, 0.1) is 11.7 Å². The molecule has 1 aromatic carbocycles. The third-order valence-corrected chi connectivity index (χ3v) is 6.91. The van der Waals surface area contributed by atoms with E-state index < -0.39 is 0 Å². The van der Waals surface area contributed by atoms with Gasteiger partial charge in [0.25, 0.3) is 0 Å². The van der Waals surface area contributed by atoms with E-state index in [1.54, 1.807) is 0 Å². The van der Waals surface area contributed by atoms with Crippen molar-refractivity contribution in [2.75, 3.05) is 6.54 Å². The number of carbonyl (C=O) groups is 1. The van der Waals surface area contributed by atoms with E-state index in [1.807, 2.05) is 43.6 Å². The molecule has 0 radical (unpaired) electrons. The molecule has 0 spiro atoms. The largest absolute Gasteiger partial charge is 0.331 e. The van der Waals surface area contributed by atoms with Crippen LogP contribution in [0, 0.1) is 10.9 Å². The summed E-state index contributed by atoms with van der Waals surface area (Å²) in [6, 6.07) is 14.1. The second-order valence-electron chi connectivity index (χ2n) is 7.57. The molecule has 1 aliphatic rings. The Bertz CT molecular complexity index is 1270. The molecule has 1 amide bonds. The van der Waals surface area contributed by atoms with Crippen LogP contribution in [0.25, 0.3) is 16.9 Å². The average molecular weight is 436 g/mol. The number of fused-ring (bicyclic) bond motifs is 1. The summed E-state index contributed by atoms with van der Waals surface area (Å²) in [7, 11) is 0. The smallest absolute Gasteiger partial charge is 0.243 e. The second-order valence-corrected chi connectivity index (χ2v) is 9.07. The molecular formula is C22H21N5OS2. The summed E-state index contributed by atoms with van der Waals surface area (Å²) in [5.41, 5.74) is 4.06. The van der Waals surface area contributed by atoms with Crippen LogP contribution in [0.3, 0.4) is 0 Å². The van der Waals surface area contributed by atoms with Crippen molar-refractivity contribution < 1.29 is 4.79 Å². The van der Waals surface area contributed by atoms with Gasteiger partial charge >= 0.3 is 0 Å². The van der Waals surface area contributed by atoms with E-state index in [0.29, 0.717) is 3.95 Å². The lowest BCUT2D eigenvalue weighted by atomic mass is 10.1. The highest BCUT2D eigenvalue weighted by atomic mass is 32.1. The number of hydrogen-bond donors (Lipinski definition) is 0. The Balaban J connectivity index is 1.44. The number of likely N-dealkylation sites (tertiary alicyclic amines) is 1. The minimum absolute atomic E-state index is 0.0630. The van der Waals surface area contributed by atoms with Gasteiger partial charge in [-0.3, -0.25) is 9.20 Å². The topological polar surface area (TPSA) is 55.4 Å². The molecule has 1 aliphatic heterocycles. The lowest BCUT2D eigenvalue weighted by Crippen LogP contribution is -2.34. The first-order chi connectivity index (χ1) is 14.6.